The van der Waals surface area contributed by atoms with Gasteiger partial charge in [-0.05, 0) is 65.1 Å². The normalized spacial score (nSPS) is 22.8. The Labute approximate surface area is 136 Å². The van der Waals surface area contributed by atoms with E-state index in [1.165, 1.54) is 22.3 Å². The lowest BCUT2D eigenvalue weighted by atomic mass is 9.67. The van der Waals surface area contributed by atoms with E-state index in [0.717, 1.165) is 18.6 Å². The van der Waals surface area contributed by atoms with Crippen molar-refractivity contribution in [1.29, 1.82) is 0 Å². The highest BCUT2D eigenvalue weighted by Crippen LogP contribution is 2.47. The first-order valence-corrected chi connectivity index (χ1v) is 8.23. The minimum absolute atomic E-state index is 0.244. The topological polar surface area (TPSA) is 26.3 Å². The third kappa shape index (κ3) is 2.48. The molecule has 0 aliphatic heterocycles. The van der Waals surface area contributed by atoms with Crippen molar-refractivity contribution in [1.82, 2.24) is 0 Å². The first kappa shape index (κ1) is 14.3. The lowest BCUT2D eigenvalue weighted by Crippen LogP contribution is -2.26. The number of ketones is 1. The van der Waals surface area contributed by atoms with Gasteiger partial charge in [0.2, 0.25) is 0 Å². The summed E-state index contributed by atoms with van der Waals surface area (Å²) in [6, 6.07) is 16.7. The molecule has 2 aromatic rings. The molecule has 2 aromatic carbocycles. The van der Waals surface area contributed by atoms with Gasteiger partial charge in [0.1, 0.15) is 5.75 Å². The first-order chi connectivity index (χ1) is 11.3. The van der Waals surface area contributed by atoms with E-state index in [0.29, 0.717) is 18.3 Å². The zero-order valence-electron chi connectivity index (χ0n) is 13.3. The number of hydrogen-bond acceptors (Lipinski definition) is 2. The number of rotatable bonds is 2. The molecule has 0 N–H and O–H groups in total. The molecule has 0 fully saturated rings. The molecule has 0 spiro atoms. The summed E-state index contributed by atoms with van der Waals surface area (Å²) in [5, 5.41) is 0. The Bertz CT molecular complexity index is 774. The van der Waals surface area contributed by atoms with Gasteiger partial charge < -0.3 is 4.74 Å². The van der Waals surface area contributed by atoms with Crippen LogP contribution in [0.1, 0.15) is 35.4 Å². The monoisotopic (exact) mass is 304 g/mol. The number of benzene rings is 2. The lowest BCUT2D eigenvalue weighted by Gasteiger charge is -2.37. The van der Waals surface area contributed by atoms with Crippen molar-refractivity contribution < 1.29 is 9.53 Å². The van der Waals surface area contributed by atoms with E-state index in [1.807, 2.05) is 18.2 Å². The van der Waals surface area contributed by atoms with Crippen molar-refractivity contribution in [3.05, 3.63) is 71.3 Å². The van der Waals surface area contributed by atoms with Gasteiger partial charge in [-0.15, -0.1) is 0 Å². The Morgan fingerprint density at radius 3 is 2.65 bits per heavy atom. The number of ether oxygens (including phenoxy) is 1. The molecule has 2 aliphatic carbocycles. The number of aryl methyl sites for hydroxylation is 1. The molecule has 0 saturated carbocycles. The van der Waals surface area contributed by atoms with Crippen molar-refractivity contribution in [3.8, 4) is 5.75 Å². The van der Waals surface area contributed by atoms with E-state index in [-0.39, 0.29) is 5.78 Å². The fourth-order valence-corrected chi connectivity index (χ4v) is 4.10. The third-order valence-electron chi connectivity index (χ3n) is 5.20. The van der Waals surface area contributed by atoms with Crippen LogP contribution in [0.25, 0.3) is 5.57 Å². The Balaban J connectivity index is 1.77. The highest BCUT2D eigenvalue weighted by molar-refractivity contribution is 6.00. The predicted molar refractivity (Wildman–Crippen MR) is 91.6 cm³/mol. The summed E-state index contributed by atoms with van der Waals surface area (Å²) in [6.45, 7) is 0. The van der Waals surface area contributed by atoms with Gasteiger partial charge in [0.25, 0.3) is 0 Å². The second-order valence-corrected chi connectivity index (χ2v) is 6.46. The van der Waals surface area contributed by atoms with Gasteiger partial charge in [-0.3, -0.25) is 4.79 Å². The van der Waals surface area contributed by atoms with Crippen molar-refractivity contribution >= 4 is 11.4 Å². The van der Waals surface area contributed by atoms with Crippen molar-refractivity contribution in [2.75, 3.05) is 7.11 Å². The zero-order chi connectivity index (χ0) is 15.8. The van der Waals surface area contributed by atoms with E-state index >= 15 is 0 Å². The molecule has 0 heterocycles. The van der Waals surface area contributed by atoms with E-state index < -0.39 is 0 Å². The molecule has 2 atom stereocenters. The summed E-state index contributed by atoms with van der Waals surface area (Å²) in [5.74, 6) is 1.88. The maximum Gasteiger partial charge on any atom is 0.156 e. The minimum Gasteiger partial charge on any atom is -0.497 e. The number of carbonyl (C=O) groups excluding carboxylic acids is 1. The minimum atomic E-state index is 0.244. The molecular weight excluding hydrogens is 284 g/mol. The van der Waals surface area contributed by atoms with Crippen LogP contribution in [0.5, 0.6) is 5.75 Å². The summed E-state index contributed by atoms with van der Waals surface area (Å²) in [6.07, 6.45) is 4.66. The van der Waals surface area contributed by atoms with Crippen molar-refractivity contribution in [3.63, 3.8) is 0 Å². The average molecular weight is 304 g/mol. The fourth-order valence-electron chi connectivity index (χ4n) is 4.10. The molecule has 0 bridgehead atoms. The van der Waals surface area contributed by atoms with Gasteiger partial charge in [-0.2, -0.15) is 0 Å². The largest absolute Gasteiger partial charge is 0.497 e. The fraction of sp³-hybridized carbons (Fsp3) is 0.286. The molecule has 2 nitrogen and oxygen atoms in total. The van der Waals surface area contributed by atoms with E-state index in [2.05, 4.69) is 36.4 Å². The van der Waals surface area contributed by atoms with Crippen LogP contribution in [-0.2, 0) is 11.2 Å². The van der Waals surface area contributed by atoms with E-state index in [1.54, 1.807) is 7.11 Å². The van der Waals surface area contributed by atoms with Gasteiger partial charge in [-0.25, -0.2) is 0 Å². The van der Waals surface area contributed by atoms with E-state index in [4.69, 9.17) is 4.74 Å². The van der Waals surface area contributed by atoms with Gasteiger partial charge in [0, 0.05) is 6.42 Å². The highest BCUT2D eigenvalue weighted by atomic mass is 16.5. The van der Waals surface area contributed by atoms with Crippen LogP contribution in [0.15, 0.2) is 54.6 Å². The Hall–Kier alpha value is -2.35. The molecule has 0 unspecified atom stereocenters. The number of fused-ring (bicyclic) bond motifs is 3. The molecule has 116 valence electrons. The lowest BCUT2D eigenvalue weighted by molar-refractivity contribution is -0.115. The highest BCUT2D eigenvalue weighted by Gasteiger charge is 2.36. The smallest absolute Gasteiger partial charge is 0.156 e. The number of allylic oxidation sites excluding steroid dienone is 2. The first-order valence-electron chi connectivity index (χ1n) is 8.23. The van der Waals surface area contributed by atoms with Crippen LogP contribution in [-0.4, -0.2) is 12.9 Å². The van der Waals surface area contributed by atoms with Crippen LogP contribution in [0.3, 0.4) is 0 Å². The molecule has 2 heteroatoms. The molecular formula is C21H20O2. The van der Waals surface area contributed by atoms with Crippen LogP contribution in [0.4, 0.5) is 0 Å². The maximum atomic E-state index is 12.3. The van der Waals surface area contributed by atoms with Gasteiger partial charge >= 0.3 is 0 Å². The Morgan fingerprint density at radius 2 is 1.87 bits per heavy atom. The summed E-state index contributed by atoms with van der Waals surface area (Å²) in [7, 11) is 1.70. The summed E-state index contributed by atoms with van der Waals surface area (Å²) in [5.41, 5.74) is 5.04. The third-order valence-corrected chi connectivity index (χ3v) is 5.20. The van der Waals surface area contributed by atoms with Gasteiger partial charge in [0.05, 0.1) is 7.11 Å². The molecule has 0 aromatic heterocycles. The average Bonchev–Trinajstić information content (AvgIpc) is 2.61. The second kappa shape index (κ2) is 5.69. The molecule has 4 rings (SSSR count). The van der Waals surface area contributed by atoms with Crippen LogP contribution in [0, 0.1) is 5.92 Å². The Kier molecular flexibility index (Phi) is 3.53. The number of carbonyl (C=O) groups is 1. The van der Waals surface area contributed by atoms with Crippen LogP contribution < -0.4 is 4.74 Å². The summed E-state index contributed by atoms with van der Waals surface area (Å²) in [4.78, 5) is 12.3. The maximum absolute atomic E-state index is 12.3. The number of hydrogen-bond donors (Lipinski definition) is 0. The quantitative estimate of drug-likeness (QED) is 0.822. The van der Waals surface area contributed by atoms with Gasteiger partial charge in [-0.1, -0.05) is 36.4 Å². The standard InChI is InChI=1S/C21H20O2/c1-23-17-8-10-18-15(11-17)7-9-19-20(12-16(22)13-21(18)19)14-5-3-2-4-6-14/h2-6,8,10-11,13,19-20H,7,9,12H2,1H3/t19-,20+/m0/s1. The van der Waals surface area contributed by atoms with Crippen LogP contribution >= 0.6 is 0 Å². The zero-order valence-corrected chi connectivity index (χ0v) is 13.3. The van der Waals surface area contributed by atoms with E-state index in [9.17, 15) is 4.79 Å². The molecule has 0 saturated heterocycles. The van der Waals surface area contributed by atoms with Crippen LogP contribution in [0.2, 0.25) is 0 Å². The van der Waals surface area contributed by atoms with Crippen molar-refractivity contribution in [2.45, 2.75) is 25.2 Å². The number of methoxy groups -OCH3 is 1. The molecule has 0 radical (unpaired) electrons. The SMILES string of the molecule is COc1ccc2c(c1)CC[C@@H]1C2=CC(=O)C[C@@H]1c1ccccc1. The summed E-state index contributed by atoms with van der Waals surface area (Å²) < 4.78 is 5.34. The molecule has 0 amide bonds. The Morgan fingerprint density at radius 1 is 1.04 bits per heavy atom. The van der Waals surface area contributed by atoms with Gasteiger partial charge in [0.15, 0.2) is 5.78 Å². The second-order valence-electron chi connectivity index (χ2n) is 6.46. The molecule has 2 aliphatic rings. The van der Waals surface area contributed by atoms with Crippen molar-refractivity contribution in [2.24, 2.45) is 5.92 Å². The predicted octanol–water partition coefficient (Wildman–Crippen LogP) is 4.40. The molecule has 23 heavy (non-hydrogen) atoms. The summed E-state index contributed by atoms with van der Waals surface area (Å²) >= 11 is 0.